The summed E-state index contributed by atoms with van der Waals surface area (Å²) in [5.41, 5.74) is 0.881. The number of amides is 1. The summed E-state index contributed by atoms with van der Waals surface area (Å²) in [6.07, 6.45) is 3.09. The molecule has 2 aromatic rings. The summed E-state index contributed by atoms with van der Waals surface area (Å²) in [4.78, 5) is 11.3. The SMILES string of the molecule is CC=CC(=O)Nc1nnc(-c2cccc(Cl)c2)s1. The Morgan fingerprint density at radius 1 is 1.44 bits per heavy atom. The van der Waals surface area contributed by atoms with Crippen LogP contribution in [-0.2, 0) is 4.79 Å². The summed E-state index contributed by atoms with van der Waals surface area (Å²) < 4.78 is 0. The summed E-state index contributed by atoms with van der Waals surface area (Å²) in [7, 11) is 0. The lowest BCUT2D eigenvalue weighted by Crippen LogP contribution is -2.07. The zero-order chi connectivity index (χ0) is 13.0. The van der Waals surface area contributed by atoms with Crippen LogP contribution in [0.15, 0.2) is 36.4 Å². The van der Waals surface area contributed by atoms with E-state index in [1.54, 1.807) is 25.1 Å². The smallest absolute Gasteiger partial charge is 0.249 e. The van der Waals surface area contributed by atoms with Gasteiger partial charge in [-0.2, -0.15) is 0 Å². The molecule has 0 unspecified atom stereocenters. The fourth-order valence-corrected chi connectivity index (χ4v) is 2.24. The molecule has 1 aromatic carbocycles. The van der Waals surface area contributed by atoms with Crippen LogP contribution in [0.25, 0.3) is 10.6 Å². The molecule has 18 heavy (non-hydrogen) atoms. The predicted octanol–water partition coefficient (Wildman–Crippen LogP) is 3.37. The Kier molecular flexibility index (Phi) is 4.07. The highest BCUT2D eigenvalue weighted by atomic mass is 35.5. The topological polar surface area (TPSA) is 54.9 Å². The molecule has 0 radical (unpaired) electrons. The van der Waals surface area contributed by atoms with Crippen LogP contribution in [0.4, 0.5) is 5.13 Å². The Morgan fingerprint density at radius 2 is 2.28 bits per heavy atom. The molecule has 0 bridgehead atoms. The van der Waals surface area contributed by atoms with Crippen molar-refractivity contribution in [1.29, 1.82) is 0 Å². The van der Waals surface area contributed by atoms with E-state index in [4.69, 9.17) is 11.6 Å². The number of rotatable bonds is 3. The molecular formula is C12H10ClN3OS. The number of anilines is 1. The van der Waals surface area contributed by atoms with Gasteiger partial charge >= 0.3 is 0 Å². The number of carbonyl (C=O) groups excluding carboxylic acids is 1. The van der Waals surface area contributed by atoms with E-state index in [1.165, 1.54) is 17.4 Å². The van der Waals surface area contributed by atoms with Crippen LogP contribution in [0.1, 0.15) is 6.92 Å². The second kappa shape index (κ2) is 5.75. The minimum atomic E-state index is -0.216. The molecule has 0 saturated carbocycles. The lowest BCUT2D eigenvalue weighted by molar-refractivity contribution is -0.111. The highest BCUT2D eigenvalue weighted by Gasteiger charge is 2.08. The van der Waals surface area contributed by atoms with E-state index in [9.17, 15) is 4.79 Å². The first kappa shape index (κ1) is 12.7. The molecule has 0 fully saturated rings. The zero-order valence-electron chi connectivity index (χ0n) is 9.55. The van der Waals surface area contributed by atoms with E-state index < -0.39 is 0 Å². The molecule has 1 heterocycles. The van der Waals surface area contributed by atoms with Crippen molar-refractivity contribution in [3.05, 3.63) is 41.4 Å². The normalized spacial score (nSPS) is 10.8. The van der Waals surface area contributed by atoms with Crippen molar-refractivity contribution in [3.63, 3.8) is 0 Å². The van der Waals surface area contributed by atoms with Crippen molar-refractivity contribution in [2.45, 2.75) is 6.92 Å². The molecule has 0 saturated heterocycles. The average Bonchev–Trinajstić information content (AvgIpc) is 2.78. The van der Waals surface area contributed by atoms with Crippen LogP contribution < -0.4 is 5.32 Å². The number of aromatic nitrogens is 2. The summed E-state index contributed by atoms with van der Waals surface area (Å²) in [5.74, 6) is -0.216. The van der Waals surface area contributed by atoms with Gasteiger partial charge in [0.2, 0.25) is 11.0 Å². The molecule has 6 heteroatoms. The van der Waals surface area contributed by atoms with Crippen LogP contribution >= 0.6 is 22.9 Å². The number of carbonyl (C=O) groups is 1. The fourth-order valence-electron chi connectivity index (χ4n) is 1.31. The third-order valence-electron chi connectivity index (χ3n) is 2.04. The highest BCUT2D eigenvalue weighted by molar-refractivity contribution is 7.18. The molecule has 0 aliphatic rings. The van der Waals surface area contributed by atoms with Crippen molar-refractivity contribution >= 4 is 34.0 Å². The molecule has 2 rings (SSSR count). The molecule has 0 aliphatic heterocycles. The van der Waals surface area contributed by atoms with Gasteiger partial charge in [0.25, 0.3) is 0 Å². The van der Waals surface area contributed by atoms with E-state index in [0.29, 0.717) is 15.2 Å². The van der Waals surface area contributed by atoms with Gasteiger partial charge in [0, 0.05) is 10.6 Å². The van der Waals surface area contributed by atoms with Crippen molar-refractivity contribution in [3.8, 4) is 10.6 Å². The first-order valence-corrected chi connectivity index (χ1v) is 6.41. The third-order valence-corrected chi connectivity index (χ3v) is 3.17. The largest absolute Gasteiger partial charge is 0.297 e. The van der Waals surface area contributed by atoms with Gasteiger partial charge < -0.3 is 0 Å². The zero-order valence-corrected chi connectivity index (χ0v) is 11.1. The first-order valence-electron chi connectivity index (χ1n) is 5.22. The summed E-state index contributed by atoms with van der Waals surface area (Å²) in [6, 6.07) is 7.33. The number of hydrogen-bond acceptors (Lipinski definition) is 4. The fraction of sp³-hybridized carbons (Fsp3) is 0.0833. The van der Waals surface area contributed by atoms with Gasteiger partial charge in [0.15, 0.2) is 0 Å². The van der Waals surface area contributed by atoms with Crippen molar-refractivity contribution in [2.75, 3.05) is 5.32 Å². The molecule has 1 N–H and O–H groups in total. The Morgan fingerprint density at radius 3 is 3.00 bits per heavy atom. The van der Waals surface area contributed by atoms with E-state index in [2.05, 4.69) is 15.5 Å². The van der Waals surface area contributed by atoms with Gasteiger partial charge in [-0.25, -0.2) is 0 Å². The average molecular weight is 280 g/mol. The highest BCUT2D eigenvalue weighted by Crippen LogP contribution is 2.27. The minimum Gasteiger partial charge on any atom is -0.297 e. The molecule has 4 nitrogen and oxygen atoms in total. The molecule has 1 aromatic heterocycles. The van der Waals surface area contributed by atoms with Crippen molar-refractivity contribution in [1.82, 2.24) is 10.2 Å². The van der Waals surface area contributed by atoms with Gasteiger partial charge in [0.05, 0.1) is 0 Å². The Labute approximate surface area is 113 Å². The second-order valence-corrected chi connectivity index (χ2v) is 4.83. The van der Waals surface area contributed by atoms with E-state index in [0.717, 1.165) is 5.56 Å². The second-order valence-electron chi connectivity index (χ2n) is 3.41. The molecule has 0 atom stereocenters. The Hall–Kier alpha value is -1.72. The van der Waals surface area contributed by atoms with Crippen LogP contribution in [0.3, 0.4) is 0 Å². The molecule has 0 aliphatic carbocycles. The van der Waals surface area contributed by atoms with Gasteiger partial charge in [-0.1, -0.05) is 41.1 Å². The molecule has 1 amide bonds. The lowest BCUT2D eigenvalue weighted by Gasteiger charge is -1.95. The first-order chi connectivity index (χ1) is 8.69. The van der Waals surface area contributed by atoms with E-state index >= 15 is 0 Å². The third kappa shape index (κ3) is 3.15. The van der Waals surface area contributed by atoms with Gasteiger partial charge in [-0.3, -0.25) is 10.1 Å². The number of benzene rings is 1. The van der Waals surface area contributed by atoms with Gasteiger partial charge in [-0.05, 0) is 25.1 Å². The number of hydrogen-bond donors (Lipinski definition) is 1. The predicted molar refractivity (Wildman–Crippen MR) is 73.8 cm³/mol. The lowest BCUT2D eigenvalue weighted by atomic mass is 10.2. The number of nitrogens with one attached hydrogen (secondary N) is 1. The van der Waals surface area contributed by atoms with Gasteiger partial charge in [0.1, 0.15) is 5.01 Å². The monoisotopic (exact) mass is 279 g/mol. The molecule has 92 valence electrons. The van der Waals surface area contributed by atoms with E-state index in [1.807, 2.05) is 12.1 Å². The van der Waals surface area contributed by atoms with Gasteiger partial charge in [-0.15, -0.1) is 10.2 Å². The maximum absolute atomic E-state index is 11.3. The van der Waals surface area contributed by atoms with Crippen molar-refractivity contribution < 1.29 is 4.79 Å². The molecule has 0 spiro atoms. The van der Waals surface area contributed by atoms with Crippen molar-refractivity contribution in [2.24, 2.45) is 0 Å². The Bertz CT molecular complexity index is 595. The van der Waals surface area contributed by atoms with Crippen LogP contribution in [0.5, 0.6) is 0 Å². The summed E-state index contributed by atoms with van der Waals surface area (Å²) in [6.45, 7) is 1.77. The maximum Gasteiger partial charge on any atom is 0.249 e. The minimum absolute atomic E-state index is 0.216. The van der Waals surface area contributed by atoms with E-state index in [-0.39, 0.29) is 5.91 Å². The van der Waals surface area contributed by atoms with Crippen LogP contribution in [0.2, 0.25) is 5.02 Å². The number of allylic oxidation sites excluding steroid dienone is 1. The Balaban J connectivity index is 2.18. The summed E-state index contributed by atoms with van der Waals surface area (Å²) >= 11 is 7.21. The van der Waals surface area contributed by atoms with Crippen LogP contribution in [-0.4, -0.2) is 16.1 Å². The number of nitrogens with zero attached hydrogens (tertiary/aromatic N) is 2. The van der Waals surface area contributed by atoms with Crippen LogP contribution in [0, 0.1) is 0 Å². The summed E-state index contributed by atoms with van der Waals surface area (Å²) in [5, 5.41) is 12.4. The molecular weight excluding hydrogens is 270 g/mol. The number of halogens is 1. The quantitative estimate of drug-likeness (QED) is 0.877. The maximum atomic E-state index is 11.3. The standard InChI is InChI=1S/C12H10ClN3OS/c1-2-4-10(17)14-12-16-15-11(18-12)8-5-3-6-9(13)7-8/h2-7H,1H3,(H,14,16,17).